The van der Waals surface area contributed by atoms with E-state index in [1.165, 1.54) is 198 Å². The molecule has 0 bridgehead atoms. The molecule has 2 aromatic heterocycles. The molecule has 7 aliphatic heterocycles. The summed E-state index contributed by atoms with van der Waals surface area (Å²) in [5.41, 5.74) is 17.0. The maximum absolute atomic E-state index is 5.13. The van der Waals surface area contributed by atoms with E-state index in [0.717, 1.165) is 127 Å². The zero-order valence-corrected chi connectivity index (χ0v) is 71.9. The number of likely N-dealkylation sites (N-methyl/N-ethyl adjacent to an activating group) is 1. The minimum Gasteiger partial charge on any atom is -0.383 e. The highest BCUT2D eigenvalue weighted by Crippen LogP contribution is 2.31. The molecule has 5 aromatic carbocycles. The van der Waals surface area contributed by atoms with Gasteiger partial charge in [-0.1, -0.05) is 140 Å². The molecule has 0 amide bonds. The molecule has 0 spiro atoms. The van der Waals surface area contributed by atoms with Crippen molar-refractivity contribution >= 4 is 22.9 Å². The number of hydrogen-bond acceptors (Lipinski definition) is 16. The number of aryl methyl sites for hydroxylation is 7. The first-order valence-corrected chi connectivity index (χ1v) is 42.9. The maximum Gasteiger partial charge on any atom is 0.147 e. The van der Waals surface area contributed by atoms with Crippen molar-refractivity contribution in [3.63, 3.8) is 0 Å². The molecule has 7 aliphatic rings. The first-order valence-electron chi connectivity index (χ1n) is 42.9. The summed E-state index contributed by atoms with van der Waals surface area (Å²) < 4.78 is 5.13. The highest BCUT2D eigenvalue weighted by Gasteiger charge is 2.25. The Bertz CT molecular complexity index is 3500. The normalized spacial score (nSPS) is 18.7. The van der Waals surface area contributed by atoms with Crippen LogP contribution in [-0.2, 0) is 4.74 Å². The molecule has 1 unspecified atom stereocenters. The molecule has 7 saturated heterocycles. The third kappa shape index (κ3) is 31.3. The Labute approximate surface area is 674 Å². The molecule has 1 atom stereocenters. The lowest BCUT2D eigenvalue weighted by Gasteiger charge is -2.39. The number of methoxy groups -OCH3 is 1. The fourth-order valence-corrected chi connectivity index (χ4v) is 15.8. The Hall–Kier alpha value is -7.12. The standard InChI is InChI=1S/C15H24N2.C15H23NO.C14H20N2.C14H21N.C13H22N4.C13H20N2.C11H17N3/c1-4-14(3)16-9-11-17(12-10-16)15-7-5-13(2)6-8-15;1-13-3-5-14(6-4-13)15-7-9-16(10-8-15)11-12-17-2;1-3-8-15-9-11-16(12-10-15)14-6-4-13(2)5-7-14;1-3-15-10-8-14(9-11-15)13-6-4-12(2)5-7-13;1-11(2)16-5-4-6-17(8-7-16)13-10-14-12(3)9-15-13;1-3-14-8-10-15(11-9-14)13-6-4-12(2)5-7-13;1-9-7-13-11(8-12-9)10-3-5-14(2)6-4-10/h5-8,14H,4,9-12H2,1-3H3;3-6,15H,7-12H2,1-2H3;3-7H,1,8-12H2,2H3;4-7,14H,3,8-11H2,1-2H3;9-11H,4-8H2,1-3H3;4-7H,3,8-11H2,1-2H3;7-8,10H,3-6H2,1-2H3. The van der Waals surface area contributed by atoms with Crippen molar-refractivity contribution in [2.75, 3.05) is 211 Å². The van der Waals surface area contributed by atoms with Gasteiger partial charge in [0.25, 0.3) is 0 Å². The molecular weight excluding hydrogens is 1370 g/mol. The van der Waals surface area contributed by atoms with E-state index >= 15 is 0 Å². The number of likely N-dealkylation sites (tertiary alicyclic amines) is 3. The van der Waals surface area contributed by atoms with Crippen molar-refractivity contribution in [1.82, 2.24) is 54.2 Å². The van der Waals surface area contributed by atoms with Crippen LogP contribution in [0.4, 0.5) is 22.9 Å². The van der Waals surface area contributed by atoms with Crippen LogP contribution >= 0.6 is 0 Å². The van der Waals surface area contributed by atoms with Gasteiger partial charge in [-0.25, -0.2) is 4.98 Å². The van der Waals surface area contributed by atoms with Gasteiger partial charge in [0.1, 0.15) is 5.82 Å². The highest BCUT2D eigenvalue weighted by molar-refractivity contribution is 5.50. The summed E-state index contributed by atoms with van der Waals surface area (Å²) in [5.74, 6) is 3.20. The van der Waals surface area contributed by atoms with Crippen molar-refractivity contribution in [2.45, 2.75) is 171 Å². The van der Waals surface area contributed by atoms with E-state index in [-0.39, 0.29) is 0 Å². The molecule has 14 rings (SSSR count). The van der Waals surface area contributed by atoms with Crippen molar-refractivity contribution in [3.05, 3.63) is 215 Å². The van der Waals surface area contributed by atoms with Crippen molar-refractivity contribution in [2.24, 2.45) is 0 Å². The van der Waals surface area contributed by atoms with Crippen molar-refractivity contribution < 1.29 is 4.74 Å². The summed E-state index contributed by atoms with van der Waals surface area (Å²) in [5, 5.41) is 0. The minimum atomic E-state index is 0.624. The first kappa shape index (κ1) is 89.4. The number of piperazine rings is 3. The first-order chi connectivity index (χ1) is 53.8. The highest BCUT2D eigenvalue weighted by atomic mass is 16.5. The van der Waals surface area contributed by atoms with E-state index in [2.05, 4.69) is 285 Å². The molecule has 0 saturated carbocycles. The summed E-state index contributed by atoms with van der Waals surface area (Å²) in [6.07, 6.45) is 19.6. The van der Waals surface area contributed by atoms with Crippen molar-refractivity contribution in [1.29, 1.82) is 0 Å². The molecule has 7 fully saturated rings. The van der Waals surface area contributed by atoms with Crippen LogP contribution in [0.25, 0.3) is 0 Å². The summed E-state index contributed by atoms with van der Waals surface area (Å²) in [7, 11) is 3.95. The molecule has 0 N–H and O–H groups in total. The van der Waals surface area contributed by atoms with Crippen LogP contribution in [0.5, 0.6) is 0 Å². The van der Waals surface area contributed by atoms with Crippen LogP contribution in [0.1, 0.15) is 167 Å². The van der Waals surface area contributed by atoms with E-state index in [4.69, 9.17) is 4.74 Å². The van der Waals surface area contributed by atoms with E-state index < -0.39 is 0 Å². The summed E-state index contributed by atoms with van der Waals surface area (Å²) >= 11 is 0. The monoisotopic (exact) mass is 1510 g/mol. The van der Waals surface area contributed by atoms with Gasteiger partial charge in [-0.2, -0.15) is 0 Å². The molecule has 608 valence electrons. The Morgan fingerprint density at radius 1 is 0.396 bits per heavy atom. The molecular formula is C95H147N15O. The summed E-state index contributed by atoms with van der Waals surface area (Å²) in [6.45, 7) is 63.2. The number of benzene rings is 5. The Balaban J connectivity index is 0.000000163. The lowest BCUT2D eigenvalue weighted by atomic mass is 9.89. The van der Waals surface area contributed by atoms with Gasteiger partial charge in [0.15, 0.2) is 0 Å². The number of aromatic nitrogens is 4. The molecule has 16 heteroatoms. The largest absolute Gasteiger partial charge is 0.383 e. The average Bonchev–Trinajstić information content (AvgIpc) is 1.30. The third-order valence-electron chi connectivity index (χ3n) is 23.9. The zero-order chi connectivity index (χ0) is 79.3. The lowest BCUT2D eigenvalue weighted by Crippen LogP contribution is -2.49. The van der Waals surface area contributed by atoms with Gasteiger partial charge in [-0.3, -0.25) is 29.7 Å². The van der Waals surface area contributed by atoms with Gasteiger partial charge in [-0.05, 0) is 239 Å². The molecule has 7 aromatic rings. The van der Waals surface area contributed by atoms with E-state index in [9.17, 15) is 0 Å². The quantitative estimate of drug-likeness (QED) is 0.0809. The smallest absolute Gasteiger partial charge is 0.147 e. The van der Waals surface area contributed by atoms with Crippen molar-refractivity contribution in [3.8, 4) is 0 Å². The Kier molecular flexibility index (Phi) is 39.3. The molecule has 9 heterocycles. The van der Waals surface area contributed by atoms with E-state index in [0.29, 0.717) is 12.0 Å². The number of nitrogens with zero attached hydrogens (tertiary/aromatic N) is 15. The molecule has 111 heavy (non-hydrogen) atoms. The summed E-state index contributed by atoms with van der Waals surface area (Å²) in [4.78, 5) is 44.8. The maximum atomic E-state index is 5.13. The number of hydrogen-bond donors (Lipinski definition) is 0. The van der Waals surface area contributed by atoms with E-state index in [1.54, 1.807) is 7.11 Å². The second kappa shape index (κ2) is 48.8. The second-order valence-corrected chi connectivity index (χ2v) is 32.6. The van der Waals surface area contributed by atoms with Crippen LogP contribution in [0.2, 0.25) is 0 Å². The van der Waals surface area contributed by atoms with Gasteiger partial charge in [0, 0.05) is 172 Å². The van der Waals surface area contributed by atoms with Gasteiger partial charge in [0.05, 0.1) is 36.1 Å². The van der Waals surface area contributed by atoms with Crippen LogP contribution in [0.3, 0.4) is 0 Å². The van der Waals surface area contributed by atoms with Crippen LogP contribution in [-0.4, -0.2) is 257 Å². The topological polar surface area (TPSA) is 96.4 Å². The predicted octanol–water partition coefficient (Wildman–Crippen LogP) is 16.7. The third-order valence-corrected chi connectivity index (χ3v) is 23.9. The van der Waals surface area contributed by atoms with E-state index in [1.807, 2.05) is 44.7 Å². The molecule has 0 radical (unpaired) electrons. The number of anilines is 4. The Morgan fingerprint density at radius 3 is 1.18 bits per heavy atom. The van der Waals surface area contributed by atoms with Gasteiger partial charge in [-0.15, -0.1) is 6.58 Å². The number of rotatable bonds is 17. The predicted molar refractivity (Wildman–Crippen MR) is 474 cm³/mol. The van der Waals surface area contributed by atoms with Gasteiger partial charge < -0.3 is 43.9 Å². The lowest BCUT2D eigenvalue weighted by molar-refractivity contribution is 0.130. The van der Waals surface area contributed by atoms with Gasteiger partial charge in [0.2, 0.25) is 0 Å². The summed E-state index contributed by atoms with van der Waals surface area (Å²) in [6, 6.07) is 46.1. The van der Waals surface area contributed by atoms with Crippen LogP contribution < -0.4 is 19.6 Å². The molecule has 16 nitrogen and oxygen atoms in total. The number of ether oxygens (including phenoxy) is 1. The molecule has 0 aliphatic carbocycles. The van der Waals surface area contributed by atoms with Gasteiger partial charge >= 0.3 is 0 Å². The van der Waals surface area contributed by atoms with Crippen LogP contribution in [0.15, 0.2) is 159 Å². The average molecular weight is 1520 g/mol. The Morgan fingerprint density at radius 2 is 0.784 bits per heavy atom. The SMILES string of the molecule is C=CCN1CCN(c2ccc(C)cc2)CC1.CCC(C)N1CCN(c2ccc(C)cc2)CC1.CCN1CCC(c2ccc(C)cc2)CC1.CCN1CCN(c2ccc(C)cc2)CC1.COCCN1CCC(c2ccc(C)cc2)CC1.Cc1cnc(C2CCN(C)CC2)cn1.Cc1cnc(N2CCCN(C(C)C)CC2)cn1. The fourth-order valence-electron chi connectivity index (χ4n) is 15.8. The van der Waals surface area contributed by atoms with Crippen LogP contribution in [0, 0.1) is 48.5 Å². The minimum absolute atomic E-state index is 0.624. The fraction of sp³-hybridized carbons (Fsp3) is 0.579. The zero-order valence-electron chi connectivity index (χ0n) is 71.9. The number of piperidine rings is 3. The second-order valence-electron chi connectivity index (χ2n) is 32.6.